The fraction of sp³-hybridized carbons (Fsp3) is 0.931. The molecule has 3 N–H and O–H groups in total. The molecule has 3 unspecified atom stereocenters. The Morgan fingerprint density at radius 3 is 2.34 bits per heavy atom. The van der Waals surface area contributed by atoms with Crippen molar-refractivity contribution in [3.63, 3.8) is 0 Å². The van der Waals surface area contributed by atoms with E-state index in [2.05, 4.69) is 20.8 Å². The summed E-state index contributed by atoms with van der Waals surface area (Å²) < 4.78 is 5.06. The quantitative estimate of drug-likeness (QED) is 0.395. The molecule has 11 atom stereocenters. The van der Waals surface area contributed by atoms with Crippen LogP contribution in [0, 0.1) is 51.8 Å². The summed E-state index contributed by atoms with van der Waals surface area (Å²) in [7, 11) is 0. The van der Waals surface area contributed by atoms with Gasteiger partial charge in [0, 0.05) is 6.42 Å². The molecule has 200 valence electrons. The zero-order valence-corrected chi connectivity index (χ0v) is 22.6. The first-order valence-electron chi connectivity index (χ1n) is 14.0. The Balaban J connectivity index is 1.47. The van der Waals surface area contributed by atoms with Crippen LogP contribution in [0.15, 0.2) is 0 Å². The minimum atomic E-state index is -0.705. The molecule has 35 heavy (non-hydrogen) atoms. The Morgan fingerprint density at radius 2 is 1.69 bits per heavy atom. The van der Waals surface area contributed by atoms with Crippen molar-refractivity contribution in [3.8, 4) is 0 Å². The summed E-state index contributed by atoms with van der Waals surface area (Å²) in [6.07, 6.45) is 5.75. The number of fused-ring (bicyclic) bond motifs is 5. The van der Waals surface area contributed by atoms with Crippen LogP contribution in [0.25, 0.3) is 0 Å². The SMILES string of the molecule is C[C@H](CCC(=O)OC(=O)C(C)(C)C)[C@H]1CCC2C3C(C[C@H](O)[C@@]21C)[C@@]1(C)CC[C@@H](O)C[C@H]1C[C@H]3O. The molecule has 4 rings (SSSR count). The molecule has 6 nitrogen and oxygen atoms in total. The summed E-state index contributed by atoms with van der Waals surface area (Å²) in [4.78, 5) is 24.4. The Labute approximate surface area is 211 Å². The van der Waals surface area contributed by atoms with Gasteiger partial charge >= 0.3 is 11.9 Å². The van der Waals surface area contributed by atoms with E-state index in [1.807, 2.05) is 0 Å². The van der Waals surface area contributed by atoms with Crippen LogP contribution in [0.5, 0.6) is 0 Å². The molecule has 0 aromatic carbocycles. The van der Waals surface area contributed by atoms with Crippen LogP contribution < -0.4 is 0 Å². The van der Waals surface area contributed by atoms with Gasteiger partial charge in [-0.2, -0.15) is 0 Å². The Hall–Kier alpha value is -0.980. The van der Waals surface area contributed by atoms with Gasteiger partial charge in [0.05, 0.1) is 23.7 Å². The Bertz CT molecular complexity index is 818. The molecule has 0 bridgehead atoms. The van der Waals surface area contributed by atoms with E-state index in [9.17, 15) is 24.9 Å². The maximum absolute atomic E-state index is 12.3. The van der Waals surface area contributed by atoms with E-state index in [0.717, 1.165) is 38.5 Å². The summed E-state index contributed by atoms with van der Waals surface area (Å²) in [6, 6.07) is 0. The predicted molar refractivity (Wildman–Crippen MR) is 133 cm³/mol. The second-order valence-electron chi connectivity index (χ2n) is 14.1. The highest BCUT2D eigenvalue weighted by molar-refractivity contribution is 5.88. The van der Waals surface area contributed by atoms with Crippen molar-refractivity contribution in [2.45, 2.75) is 118 Å². The third-order valence-electron chi connectivity index (χ3n) is 11.1. The average Bonchev–Trinajstić information content (AvgIpc) is 3.12. The average molecular weight is 493 g/mol. The third kappa shape index (κ3) is 4.61. The van der Waals surface area contributed by atoms with Gasteiger partial charge in [-0.15, -0.1) is 0 Å². The van der Waals surface area contributed by atoms with Crippen molar-refractivity contribution in [2.24, 2.45) is 51.8 Å². The number of aliphatic hydroxyl groups excluding tert-OH is 3. The van der Waals surface area contributed by atoms with Gasteiger partial charge in [0.1, 0.15) is 0 Å². The second-order valence-corrected chi connectivity index (χ2v) is 14.1. The van der Waals surface area contributed by atoms with Gasteiger partial charge < -0.3 is 20.1 Å². The van der Waals surface area contributed by atoms with E-state index in [-0.39, 0.29) is 59.0 Å². The molecule has 0 saturated heterocycles. The highest BCUT2D eigenvalue weighted by Gasteiger charge is 2.65. The van der Waals surface area contributed by atoms with Gasteiger partial charge in [-0.25, -0.2) is 0 Å². The molecule has 4 saturated carbocycles. The lowest BCUT2D eigenvalue weighted by Crippen LogP contribution is -2.62. The number of hydrogen-bond acceptors (Lipinski definition) is 6. The van der Waals surface area contributed by atoms with Crippen molar-refractivity contribution < 1.29 is 29.6 Å². The molecule has 0 spiro atoms. The fourth-order valence-electron chi connectivity index (χ4n) is 8.99. The van der Waals surface area contributed by atoms with E-state index >= 15 is 0 Å². The van der Waals surface area contributed by atoms with Gasteiger partial charge in [0.25, 0.3) is 0 Å². The number of carbonyl (C=O) groups is 2. The highest BCUT2D eigenvalue weighted by Crippen LogP contribution is 2.68. The minimum absolute atomic E-state index is 0.0679. The number of rotatable bonds is 4. The van der Waals surface area contributed by atoms with Crippen LogP contribution in [0.1, 0.15) is 99.3 Å². The third-order valence-corrected chi connectivity index (χ3v) is 11.1. The smallest absolute Gasteiger partial charge is 0.318 e. The molecule has 0 radical (unpaired) electrons. The molecule has 0 amide bonds. The first-order valence-corrected chi connectivity index (χ1v) is 14.0. The lowest BCUT2D eigenvalue weighted by molar-refractivity contribution is -0.207. The molecule has 4 fully saturated rings. The summed E-state index contributed by atoms with van der Waals surface area (Å²) in [5.74, 6) is 0.556. The monoisotopic (exact) mass is 492 g/mol. The number of carbonyl (C=O) groups excluding carboxylic acids is 2. The molecule has 0 heterocycles. The van der Waals surface area contributed by atoms with Crippen LogP contribution in [0.2, 0.25) is 0 Å². The maximum atomic E-state index is 12.3. The van der Waals surface area contributed by atoms with Crippen LogP contribution in [0.4, 0.5) is 0 Å². The van der Waals surface area contributed by atoms with E-state index in [1.165, 1.54) is 0 Å². The molecule has 0 aromatic rings. The van der Waals surface area contributed by atoms with Gasteiger partial charge in [-0.1, -0.05) is 20.8 Å². The number of hydrogen-bond donors (Lipinski definition) is 3. The van der Waals surface area contributed by atoms with Gasteiger partial charge in [0.15, 0.2) is 0 Å². The van der Waals surface area contributed by atoms with Crippen LogP contribution in [-0.4, -0.2) is 45.6 Å². The fourth-order valence-corrected chi connectivity index (χ4v) is 8.99. The normalized spacial score (nSPS) is 46.2. The minimum Gasteiger partial charge on any atom is -0.393 e. The predicted octanol–water partition coefficient (Wildman–Crippen LogP) is 4.48. The molecule has 0 aliphatic heterocycles. The lowest BCUT2D eigenvalue weighted by Gasteiger charge is -2.63. The van der Waals surface area contributed by atoms with Crippen molar-refractivity contribution in [1.82, 2.24) is 0 Å². The van der Waals surface area contributed by atoms with E-state index in [4.69, 9.17) is 4.74 Å². The van der Waals surface area contributed by atoms with E-state index < -0.39 is 23.5 Å². The number of ether oxygens (including phenoxy) is 1. The molecule has 4 aliphatic carbocycles. The van der Waals surface area contributed by atoms with Gasteiger partial charge in [-0.3, -0.25) is 9.59 Å². The standard InChI is InChI=1S/C29H48O6/c1-16(7-10-24(33)35-26(34)27(2,3)4)19-8-9-20-25-21(15-23(32)29(19,20)6)28(5)12-11-18(30)13-17(28)14-22(25)31/h16-23,25,30-32H,7-15H2,1-6H3/t16-,17+,18-,19-,20?,21?,22-,23+,25?,28+,29-/m1/s1. The number of aliphatic hydroxyl groups is 3. The Kier molecular flexibility index (Phi) is 7.27. The van der Waals surface area contributed by atoms with Crippen molar-refractivity contribution in [2.75, 3.05) is 0 Å². The van der Waals surface area contributed by atoms with Crippen LogP contribution in [-0.2, 0) is 14.3 Å². The van der Waals surface area contributed by atoms with E-state index in [0.29, 0.717) is 18.8 Å². The largest absolute Gasteiger partial charge is 0.393 e. The molecule has 4 aliphatic rings. The maximum Gasteiger partial charge on any atom is 0.318 e. The lowest BCUT2D eigenvalue weighted by atomic mass is 9.43. The van der Waals surface area contributed by atoms with Crippen LogP contribution >= 0.6 is 0 Å². The van der Waals surface area contributed by atoms with Gasteiger partial charge in [-0.05, 0) is 118 Å². The Morgan fingerprint density at radius 1 is 1.00 bits per heavy atom. The summed E-state index contributed by atoms with van der Waals surface area (Å²) in [5.41, 5.74) is -0.925. The molecule has 0 aromatic heterocycles. The first-order chi connectivity index (χ1) is 16.2. The topological polar surface area (TPSA) is 104 Å². The second kappa shape index (κ2) is 9.40. The molecular formula is C29H48O6. The van der Waals surface area contributed by atoms with Crippen molar-refractivity contribution in [3.05, 3.63) is 0 Å². The summed E-state index contributed by atoms with van der Waals surface area (Å²) in [6.45, 7) is 11.9. The van der Waals surface area contributed by atoms with E-state index in [1.54, 1.807) is 20.8 Å². The van der Waals surface area contributed by atoms with Crippen molar-refractivity contribution in [1.29, 1.82) is 0 Å². The number of esters is 2. The van der Waals surface area contributed by atoms with Gasteiger partial charge in [0.2, 0.25) is 0 Å². The summed E-state index contributed by atoms with van der Waals surface area (Å²) >= 11 is 0. The first kappa shape index (κ1) is 27.1. The zero-order chi connectivity index (χ0) is 25.9. The zero-order valence-electron chi connectivity index (χ0n) is 22.6. The van der Waals surface area contributed by atoms with Crippen molar-refractivity contribution >= 4 is 11.9 Å². The van der Waals surface area contributed by atoms with Crippen LogP contribution in [0.3, 0.4) is 0 Å². The molecular weight excluding hydrogens is 444 g/mol. The molecule has 6 heteroatoms. The highest BCUT2D eigenvalue weighted by atomic mass is 16.6. The summed E-state index contributed by atoms with van der Waals surface area (Å²) in [5, 5.41) is 33.3.